The highest BCUT2D eigenvalue weighted by Gasteiger charge is 2.20. The summed E-state index contributed by atoms with van der Waals surface area (Å²) in [5.41, 5.74) is 0.610. The molecule has 2 rings (SSSR count). The molecule has 1 aromatic rings. The second-order valence-corrected chi connectivity index (χ2v) is 2.83. The molecule has 0 spiro atoms. The Hall–Kier alpha value is -1.91. The topological polar surface area (TPSA) is 66.1 Å². The van der Waals surface area contributed by atoms with E-state index < -0.39 is 0 Å². The maximum Gasteiger partial charge on any atom is 0.260 e. The van der Waals surface area contributed by atoms with Crippen molar-refractivity contribution in [3.63, 3.8) is 0 Å². The molecule has 5 nitrogen and oxygen atoms in total. The number of hydrogen-bond acceptors (Lipinski definition) is 3. The Morgan fingerprint density at radius 1 is 1.50 bits per heavy atom. The van der Waals surface area contributed by atoms with Crippen LogP contribution in [0.1, 0.15) is 17.3 Å². The van der Waals surface area contributed by atoms with Crippen LogP contribution in [0.25, 0.3) is 0 Å². The lowest BCUT2D eigenvalue weighted by Crippen LogP contribution is -2.32. The summed E-state index contributed by atoms with van der Waals surface area (Å²) in [4.78, 5) is 14.4. The summed E-state index contributed by atoms with van der Waals surface area (Å²) in [6, 6.07) is 1.72. The minimum atomic E-state index is -0.133. The minimum Gasteiger partial charge on any atom is -0.498 e. The zero-order chi connectivity index (χ0) is 9.97. The van der Waals surface area contributed by atoms with Gasteiger partial charge < -0.3 is 20.4 Å². The lowest BCUT2D eigenvalue weighted by molar-refractivity contribution is 0.0961. The largest absolute Gasteiger partial charge is 0.498 e. The molecule has 2 heterocycles. The van der Waals surface area contributed by atoms with Gasteiger partial charge in [-0.25, -0.2) is 0 Å². The van der Waals surface area contributed by atoms with Gasteiger partial charge in [0.25, 0.3) is 5.91 Å². The number of carbonyl (C=O) groups excluding carboxylic acids is 1. The molecule has 1 aliphatic heterocycles. The standard InChI is InChI=1S/C9H11N3O2/c1-2-14-5-7-11-8-6(3-4-10-8)9(13)12-7/h3-5,10-11H,2H2,1H3,(H,12,13). The molecule has 1 amide bonds. The molecule has 0 atom stereocenters. The molecule has 0 radical (unpaired) electrons. The van der Waals surface area contributed by atoms with Crippen molar-refractivity contribution < 1.29 is 9.53 Å². The zero-order valence-electron chi connectivity index (χ0n) is 7.76. The van der Waals surface area contributed by atoms with Crippen LogP contribution in [0.3, 0.4) is 0 Å². The predicted molar refractivity (Wildman–Crippen MR) is 51.6 cm³/mol. The van der Waals surface area contributed by atoms with Crippen molar-refractivity contribution in [3.05, 3.63) is 29.9 Å². The number of aromatic amines is 1. The molecular weight excluding hydrogens is 182 g/mol. The van der Waals surface area contributed by atoms with Crippen LogP contribution < -0.4 is 10.6 Å². The van der Waals surface area contributed by atoms with Gasteiger partial charge in [-0.2, -0.15) is 0 Å². The van der Waals surface area contributed by atoms with Crippen LogP contribution in [-0.4, -0.2) is 17.5 Å². The summed E-state index contributed by atoms with van der Waals surface area (Å²) in [6.45, 7) is 2.44. The minimum absolute atomic E-state index is 0.133. The van der Waals surface area contributed by atoms with E-state index in [0.29, 0.717) is 23.8 Å². The van der Waals surface area contributed by atoms with Gasteiger partial charge in [-0.3, -0.25) is 4.79 Å². The van der Waals surface area contributed by atoms with Gasteiger partial charge in [0.15, 0.2) is 0 Å². The molecule has 1 aliphatic rings. The lowest BCUT2D eigenvalue weighted by atomic mass is 10.2. The number of anilines is 1. The molecule has 0 bridgehead atoms. The number of fused-ring (bicyclic) bond motifs is 1. The molecule has 74 valence electrons. The molecule has 0 aromatic carbocycles. The molecular formula is C9H11N3O2. The Kier molecular flexibility index (Phi) is 2.14. The Morgan fingerprint density at radius 2 is 2.36 bits per heavy atom. The molecule has 1 aromatic heterocycles. The first-order chi connectivity index (χ1) is 6.81. The molecule has 0 unspecified atom stereocenters. The lowest BCUT2D eigenvalue weighted by Gasteiger charge is -2.17. The van der Waals surface area contributed by atoms with E-state index in [4.69, 9.17) is 4.74 Å². The highest BCUT2D eigenvalue weighted by molar-refractivity contribution is 6.02. The molecule has 0 saturated heterocycles. The second kappa shape index (κ2) is 3.45. The number of H-pyrrole nitrogens is 1. The second-order valence-electron chi connectivity index (χ2n) is 2.83. The molecule has 14 heavy (non-hydrogen) atoms. The first-order valence-electron chi connectivity index (χ1n) is 4.38. The van der Waals surface area contributed by atoms with Gasteiger partial charge in [0.1, 0.15) is 17.9 Å². The number of carbonyl (C=O) groups is 1. The maximum atomic E-state index is 11.5. The summed E-state index contributed by atoms with van der Waals surface area (Å²) in [5, 5.41) is 5.65. The van der Waals surface area contributed by atoms with Crippen LogP contribution in [0.5, 0.6) is 0 Å². The third-order valence-corrected chi connectivity index (χ3v) is 1.87. The van der Waals surface area contributed by atoms with Crippen LogP contribution in [0, 0.1) is 0 Å². The summed E-state index contributed by atoms with van der Waals surface area (Å²) in [5.74, 6) is 1.11. The average Bonchev–Trinajstić information content (AvgIpc) is 2.63. The van der Waals surface area contributed by atoms with Gasteiger partial charge in [-0.05, 0) is 13.0 Å². The number of ether oxygens (including phenoxy) is 1. The van der Waals surface area contributed by atoms with E-state index in [1.807, 2.05) is 6.92 Å². The van der Waals surface area contributed by atoms with Crippen LogP contribution in [0.2, 0.25) is 0 Å². The summed E-state index contributed by atoms with van der Waals surface area (Å²) in [6.07, 6.45) is 3.20. The van der Waals surface area contributed by atoms with E-state index in [2.05, 4.69) is 15.6 Å². The van der Waals surface area contributed by atoms with Gasteiger partial charge in [0, 0.05) is 6.20 Å². The van der Waals surface area contributed by atoms with Gasteiger partial charge in [0.2, 0.25) is 0 Å². The fourth-order valence-electron chi connectivity index (χ4n) is 1.24. The number of amides is 1. The zero-order valence-corrected chi connectivity index (χ0v) is 7.76. The first kappa shape index (κ1) is 8.68. The van der Waals surface area contributed by atoms with Gasteiger partial charge in [-0.15, -0.1) is 0 Å². The van der Waals surface area contributed by atoms with Crippen molar-refractivity contribution in [2.75, 3.05) is 11.9 Å². The quantitative estimate of drug-likeness (QED) is 0.614. The summed E-state index contributed by atoms with van der Waals surface area (Å²) >= 11 is 0. The fourth-order valence-corrected chi connectivity index (χ4v) is 1.24. The number of rotatable bonds is 2. The summed E-state index contributed by atoms with van der Waals surface area (Å²) < 4.78 is 5.06. The third-order valence-electron chi connectivity index (χ3n) is 1.87. The third kappa shape index (κ3) is 1.44. The van der Waals surface area contributed by atoms with Crippen LogP contribution in [-0.2, 0) is 4.74 Å². The van der Waals surface area contributed by atoms with E-state index in [9.17, 15) is 4.79 Å². The average molecular weight is 193 g/mol. The highest BCUT2D eigenvalue weighted by atomic mass is 16.5. The highest BCUT2D eigenvalue weighted by Crippen LogP contribution is 2.18. The van der Waals surface area contributed by atoms with Crippen molar-refractivity contribution in [1.29, 1.82) is 0 Å². The first-order valence-corrected chi connectivity index (χ1v) is 4.38. The van der Waals surface area contributed by atoms with E-state index in [1.165, 1.54) is 6.26 Å². The molecule has 5 heteroatoms. The van der Waals surface area contributed by atoms with E-state index in [0.717, 1.165) is 0 Å². The smallest absolute Gasteiger partial charge is 0.260 e. The number of nitrogens with one attached hydrogen (secondary N) is 3. The van der Waals surface area contributed by atoms with Gasteiger partial charge in [0.05, 0.1) is 12.2 Å². The maximum absolute atomic E-state index is 11.5. The van der Waals surface area contributed by atoms with Gasteiger partial charge in [-0.1, -0.05) is 0 Å². The number of aromatic nitrogens is 1. The van der Waals surface area contributed by atoms with Crippen molar-refractivity contribution in [1.82, 2.24) is 10.3 Å². The number of hydrogen-bond donors (Lipinski definition) is 3. The molecule has 3 N–H and O–H groups in total. The normalized spacial score (nSPS) is 17.2. The molecule has 0 aliphatic carbocycles. The Balaban J connectivity index is 2.21. The Morgan fingerprint density at radius 3 is 3.14 bits per heavy atom. The Labute approximate surface area is 81.1 Å². The molecule has 0 saturated carbocycles. The van der Waals surface area contributed by atoms with Gasteiger partial charge >= 0.3 is 0 Å². The van der Waals surface area contributed by atoms with E-state index >= 15 is 0 Å². The van der Waals surface area contributed by atoms with Crippen LogP contribution in [0.4, 0.5) is 5.82 Å². The fraction of sp³-hybridized carbons (Fsp3) is 0.222. The van der Waals surface area contributed by atoms with Crippen LogP contribution in [0.15, 0.2) is 24.3 Å². The van der Waals surface area contributed by atoms with Crippen molar-refractivity contribution >= 4 is 11.7 Å². The molecule has 0 fully saturated rings. The van der Waals surface area contributed by atoms with Crippen LogP contribution >= 0.6 is 0 Å². The van der Waals surface area contributed by atoms with Crippen molar-refractivity contribution in [2.45, 2.75) is 6.92 Å². The SMILES string of the molecule is CCOC=C1NC(=O)c2cc[nH]c2N1. The van der Waals surface area contributed by atoms with E-state index in [-0.39, 0.29) is 5.91 Å². The van der Waals surface area contributed by atoms with Crippen molar-refractivity contribution in [2.24, 2.45) is 0 Å². The summed E-state index contributed by atoms with van der Waals surface area (Å²) in [7, 11) is 0. The van der Waals surface area contributed by atoms with E-state index in [1.54, 1.807) is 12.3 Å². The van der Waals surface area contributed by atoms with Crippen molar-refractivity contribution in [3.8, 4) is 0 Å². The predicted octanol–water partition coefficient (Wildman–Crippen LogP) is 1.01. The monoisotopic (exact) mass is 193 g/mol. The Bertz CT molecular complexity index is 381.